The van der Waals surface area contributed by atoms with Gasteiger partial charge in [-0.15, -0.1) is 0 Å². The summed E-state index contributed by atoms with van der Waals surface area (Å²) in [6.07, 6.45) is 1.10. The summed E-state index contributed by atoms with van der Waals surface area (Å²) in [6.45, 7) is 5.57. The van der Waals surface area contributed by atoms with Crippen LogP contribution in [0.25, 0.3) is 11.1 Å². The molecular formula is C24H27NO. The lowest BCUT2D eigenvalue weighted by Crippen LogP contribution is -2.01. The average molecular weight is 345 g/mol. The molecule has 0 spiro atoms. The molecule has 2 nitrogen and oxygen atoms in total. The van der Waals surface area contributed by atoms with Crippen LogP contribution < -0.4 is 10.5 Å². The normalized spacial score (nSPS) is 10.9. The molecule has 2 heteroatoms. The van der Waals surface area contributed by atoms with E-state index in [1.165, 1.54) is 11.1 Å². The highest BCUT2D eigenvalue weighted by molar-refractivity contribution is 5.69. The fourth-order valence-corrected chi connectivity index (χ4v) is 3.12. The molecule has 26 heavy (non-hydrogen) atoms. The molecule has 0 saturated heterocycles. The van der Waals surface area contributed by atoms with Gasteiger partial charge in [0.05, 0.1) is 0 Å². The van der Waals surface area contributed by atoms with Crippen LogP contribution in [0.1, 0.15) is 30.5 Å². The zero-order valence-corrected chi connectivity index (χ0v) is 15.6. The molecule has 3 aromatic carbocycles. The Morgan fingerprint density at radius 3 is 2.23 bits per heavy atom. The molecule has 2 N–H and O–H groups in total. The molecule has 0 atom stereocenters. The minimum Gasteiger partial charge on any atom is -0.489 e. The van der Waals surface area contributed by atoms with Gasteiger partial charge in [0.2, 0.25) is 0 Å². The molecule has 0 fully saturated rings. The molecule has 0 aromatic heterocycles. The SMILES string of the molecule is CC(C)Cc1ccc(-c2cc(OCc3ccccc3)ccc2CN)cc1. The molecule has 0 aliphatic carbocycles. The van der Waals surface area contributed by atoms with Gasteiger partial charge >= 0.3 is 0 Å². The molecule has 0 radical (unpaired) electrons. The van der Waals surface area contributed by atoms with Crippen LogP contribution in [0.4, 0.5) is 0 Å². The predicted octanol–water partition coefficient (Wildman–Crippen LogP) is 5.59. The summed E-state index contributed by atoms with van der Waals surface area (Å²) in [7, 11) is 0. The molecule has 0 saturated carbocycles. The third kappa shape index (κ3) is 4.74. The molecule has 0 heterocycles. The Labute approximate surface area is 156 Å². The van der Waals surface area contributed by atoms with Gasteiger partial charge < -0.3 is 10.5 Å². The number of hydrogen-bond donors (Lipinski definition) is 1. The van der Waals surface area contributed by atoms with E-state index < -0.39 is 0 Å². The van der Waals surface area contributed by atoms with Crippen molar-refractivity contribution >= 4 is 0 Å². The second kappa shape index (κ2) is 8.68. The van der Waals surface area contributed by atoms with Crippen molar-refractivity contribution in [3.8, 4) is 16.9 Å². The lowest BCUT2D eigenvalue weighted by Gasteiger charge is -2.13. The van der Waals surface area contributed by atoms with E-state index in [4.69, 9.17) is 10.5 Å². The van der Waals surface area contributed by atoms with E-state index in [1.807, 2.05) is 24.3 Å². The summed E-state index contributed by atoms with van der Waals surface area (Å²) in [5.41, 5.74) is 12.0. The van der Waals surface area contributed by atoms with Gasteiger partial charge in [0.25, 0.3) is 0 Å². The van der Waals surface area contributed by atoms with E-state index >= 15 is 0 Å². The Morgan fingerprint density at radius 1 is 0.846 bits per heavy atom. The molecule has 0 amide bonds. The predicted molar refractivity (Wildman–Crippen MR) is 109 cm³/mol. The monoisotopic (exact) mass is 345 g/mol. The fraction of sp³-hybridized carbons (Fsp3) is 0.250. The van der Waals surface area contributed by atoms with E-state index in [2.05, 4.69) is 62.4 Å². The summed E-state index contributed by atoms with van der Waals surface area (Å²) in [5, 5.41) is 0. The Bertz CT molecular complexity index is 823. The number of hydrogen-bond acceptors (Lipinski definition) is 2. The maximum atomic E-state index is 5.99. The first-order valence-corrected chi connectivity index (χ1v) is 9.24. The van der Waals surface area contributed by atoms with Crippen molar-refractivity contribution in [2.75, 3.05) is 0 Å². The first kappa shape index (κ1) is 18.2. The van der Waals surface area contributed by atoms with Crippen LogP contribution in [0.2, 0.25) is 0 Å². The highest BCUT2D eigenvalue weighted by Gasteiger charge is 2.07. The zero-order chi connectivity index (χ0) is 18.4. The summed E-state index contributed by atoms with van der Waals surface area (Å²) in [4.78, 5) is 0. The van der Waals surface area contributed by atoms with Gasteiger partial charge in [-0.25, -0.2) is 0 Å². The third-order valence-corrected chi connectivity index (χ3v) is 4.46. The number of benzene rings is 3. The van der Waals surface area contributed by atoms with Gasteiger partial charge in [0.15, 0.2) is 0 Å². The fourth-order valence-electron chi connectivity index (χ4n) is 3.12. The van der Waals surface area contributed by atoms with Crippen molar-refractivity contribution < 1.29 is 4.74 Å². The minimum atomic E-state index is 0.516. The zero-order valence-electron chi connectivity index (χ0n) is 15.6. The van der Waals surface area contributed by atoms with Crippen molar-refractivity contribution in [1.82, 2.24) is 0 Å². The quantitative estimate of drug-likeness (QED) is 0.606. The summed E-state index contributed by atoms with van der Waals surface area (Å²) >= 11 is 0. The Balaban J connectivity index is 1.81. The molecule has 0 aliphatic rings. The standard InChI is InChI=1S/C24H27NO/c1-18(2)14-19-8-10-21(11-9-19)24-15-23(13-12-22(24)16-25)26-17-20-6-4-3-5-7-20/h3-13,15,18H,14,16-17,25H2,1-2H3. The Kier molecular flexibility index (Phi) is 6.08. The molecule has 3 aromatic rings. The Hall–Kier alpha value is -2.58. The minimum absolute atomic E-state index is 0.516. The van der Waals surface area contributed by atoms with E-state index in [1.54, 1.807) is 0 Å². The van der Waals surface area contributed by atoms with Crippen LogP contribution >= 0.6 is 0 Å². The first-order valence-electron chi connectivity index (χ1n) is 9.24. The van der Waals surface area contributed by atoms with Gasteiger partial charge in [-0.1, -0.05) is 74.5 Å². The second-order valence-electron chi connectivity index (χ2n) is 7.09. The summed E-state index contributed by atoms with van der Waals surface area (Å²) in [6, 6.07) is 25.2. The molecular weight excluding hydrogens is 318 g/mol. The topological polar surface area (TPSA) is 35.2 Å². The van der Waals surface area contributed by atoms with Gasteiger partial charge in [-0.05, 0) is 52.3 Å². The summed E-state index contributed by atoms with van der Waals surface area (Å²) in [5.74, 6) is 1.53. The van der Waals surface area contributed by atoms with Crippen LogP contribution in [-0.2, 0) is 19.6 Å². The Morgan fingerprint density at radius 2 is 1.58 bits per heavy atom. The van der Waals surface area contributed by atoms with Crippen LogP contribution in [0, 0.1) is 5.92 Å². The average Bonchev–Trinajstić information content (AvgIpc) is 2.67. The highest BCUT2D eigenvalue weighted by Crippen LogP contribution is 2.29. The van der Waals surface area contributed by atoms with Crippen molar-refractivity contribution in [2.24, 2.45) is 11.7 Å². The highest BCUT2D eigenvalue weighted by atomic mass is 16.5. The molecule has 0 unspecified atom stereocenters. The maximum absolute atomic E-state index is 5.99. The lowest BCUT2D eigenvalue weighted by molar-refractivity contribution is 0.306. The van der Waals surface area contributed by atoms with Crippen LogP contribution in [0.5, 0.6) is 5.75 Å². The van der Waals surface area contributed by atoms with Crippen molar-refractivity contribution in [1.29, 1.82) is 0 Å². The molecule has 0 bridgehead atoms. The van der Waals surface area contributed by atoms with Crippen LogP contribution in [-0.4, -0.2) is 0 Å². The number of ether oxygens (including phenoxy) is 1. The molecule has 3 rings (SSSR count). The second-order valence-corrected chi connectivity index (χ2v) is 7.09. The van der Waals surface area contributed by atoms with E-state index in [-0.39, 0.29) is 0 Å². The van der Waals surface area contributed by atoms with Crippen molar-refractivity contribution in [3.63, 3.8) is 0 Å². The van der Waals surface area contributed by atoms with E-state index in [9.17, 15) is 0 Å². The van der Waals surface area contributed by atoms with Gasteiger partial charge in [-0.2, -0.15) is 0 Å². The van der Waals surface area contributed by atoms with Gasteiger partial charge in [-0.3, -0.25) is 0 Å². The maximum Gasteiger partial charge on any atom is 0.120 e. The largest absolute Gasteiger partial charge is 0.489 e. The van der Waals surface area contributed by atoms with Crippen LogP contribution in [0.15, 0.2) is 72.8 Å². The molecule has 0 aliphatic heterocycles. The van der Waals surface area contributed by atoms with Gasteiger partial charge in [0, 0.05) is 6.54 Å². The van der Waals surface area contributed by atoms with Crippen LogP contribution in [0.3, 0.4) is 0 Å². The summed E-state index contributed by atoms with van der Waals surface area (Å²) < 4.78 is 5.99. The number of nitrogens with two attached hydrogens (primary N) is 1. The smallest absolute Gasteiger partial charge is 0.120 e. The molecule has 134 valence electrons. The van der Waals surface area contributed by atoms with Crippen molar-refractivity contribution in [3.05, 3.63) is 89.5 Å². The lowest BCUT2D eigenvalue weighted by atomic mass is 9.96. The van der Waals surface area contributed by atoms with Gasteiger partial charge in [0.1, 0.15) is 12.4 Å². The van der Waals surface area contributed by atoms with E-state index in [0.717, 1.165) is 28.9 Å². The van der Waals surface area contributed by atoms with E-state index in [0.29, 0.717) is 19.1 Å². The van der Waals surface area contributed by atoms with Crippen molar-refractivity contribution in [2.45, 2.75) is 33.4 Å². The first-order chi connectivity index (χ1) is 12.7. The number of rotatable bonds is 7. The third-order valence-electron chi connectivity index (χ3n) is 4.46.